The lowest BCUT2D eigenvalue weighted by Crippen LogP contribution is -2.44. The predicted octanol–water partition coefficient (Wildman–Crippen LogP) is 2.47. The topological polar surface area (TPSA) is 122 Å². The Balaban J connectivity index is 1.55. The lowest BCUT2D eigenvalue weighted by Gasteiger charge is -2.21. The van der Waals surface area contributed by atoms with Crippen LogP contribution >= 0.6 is 0 Å². The lowest BCUT2D eigenvalue weighted by molar-refractivity contribution is -0.135. The van der Waals surface area contributed by atoms with Crippen molar-refractivity contribution in [2.75, 3.05) is 6.54 Å². The van der Waals surface area contributed by atoms with Crippen LogP contribution in [0.25, 0.3) is 11.0 Å². The number of imide groups is 1. The molecule has 1 saturated heterocycles. The zero-order valence-electron chi connectivity index (χ0n) is 17.9. The maximum Gasteiger partial charge on any atom is 0.404 e. The van der Waals surface area contributed by atoms with Gasteiger partial charge in [-0.05, 0) is 43.4 Å². The molecular formula is C22H30N4O5. The molecular weight excluding hydrogens is 400 g/mol. The van der Waals surface area contributed by atoms with E-state index in [-0.39, 0.29) is 18.0 Å². The maximum atomic E-state index is 12.8. The number of aromatic nitrogens is 2. The van der Waals surface area contributed by atoms with Crippen LogP contribution in [0.3, 0.4) is 0 Å². The number of imidazole rings is 1. The molecule has 0 saturated carbocycles. The average molecular weight is 431 g/mol. The van der Waals surface area contributed by atoms with Gasteiger partial charge in [-0.15, -0.1) is 0 Å². The molecule has 168 valence electrons. The van der Waals surface area contributed by atoms with Gasteiger partial charge in [0.2, 0.25) is 11.8 Å². The Labute approximate surface area is 180 Å². The predicted molar refractivity (Wildman–Crippen MR) is 116 cm³/mol. The van der Waals surface area contributed by atoms with Gasteiger partial charge in [-0.1, -0.05) is 31.7 Å². The van der Waals surface area contributed by atoms with Crippen molar-refractivity contribution in [1.82, 2.24) is 19.8 Å². The molecule has 1 aliphatic rings. The highest BCUT2D eigenvalue weighted by molar-refractivity contribution is 6.00. The van der Waals surface area contributed by atoms with Gasteiger partial charge in [-0.3, -0.25) is 24.0 Å². The number of carbonyl (C=O) groups is 3. The van der Waals surface area contributed by atoms with E-state index in [0.29, 0.717) is 18.5 Å². The summed E-state index contributed by atoms with van der Waals surface area (Å²) in [6, 6.07) is 5.24. The smallest absolute Gasteiger partial charge is 0.404 e. The summed E-state index contributed by atoms with van der Waals surface area (Å²) in [6.45, 7) is 0.506. The molecule has 0 spiro atoms. The maximum absolute atomic E-state index is 12.8. The van der Waals surface area contributed by atoms with Crippen LogP contribution in [-0.2, 0) is 23.1 Å². The SMILES string of the molecule is Cn1c(=O)n(C2CCC(=O)NC2=O)c2ccc(CCCCCCCCNC(=O)O)cc21. The van der Waals surface area contributed by atoms with Crippen LogP contribution in [0.5, 0.6) is 0 Å². The number of piperidine rings is 1. The van der Waals surface area contributed by atoms with Crippen molar-refractivity contribution in [3.8, 4) is 0 Å². The zero-order chi connectivity index (χ0) is 22.4. The van der Waals surface area contributed by atoms with E-state index >= 15 is 0 Å². The molecule has 31 heavy (non-hydrogen) atoms. The highest BCUT2D eigenvalue weighted by Gasteiger charge is 2.31. The number of carboxylic acid groups (broad SMARTS) is 1. The van der Waals surface area contributed by atoms with Gasteiger partial charge in [0.05, 0.1) is 11.0 Å². The fourth-order valence-corrected chi connectivity index (χ4v) is 4.15. The van der Waals surface area contributed by atoms with Gasteiger partial charge in [0.15, 0.2) is 0 Å². The van der Waals surface area contributed by atoms with Crippen LogP contribution in [0.4, 0.5) is 4.79 Å². The van der Waals surface area contributed by atoms with E-state index in [4.69, 9.17) is 5.11 Å². The van der Waals surface area contributed by atoms with E-state index in [0.717, 1.165) is 56.0 Å². The number of unbranched alkanes of at least 4 members (excludes halogenated alkanes) is 5. The largest absolute Gasteiger partial charge is 0.465 e. The molecule has 0 bridgehead atoms. The normalized spacial score (nSPS) is 16.5. The second kappa shape index (κ2) is 10.3. The first-order valence-electron chi connectivity index (χ1n) is 10.9. The minimum Gasteiger partial charge on any atom is -0.465 e. The molecule has 1 aromatic carbocycles. The van der Waals surface area contributed by atoms with Gasteiger partial charge >= 0.3 is 11.8 Å². The fourth-order valence-electron chi connectivity index (χ4n) is 4.15. The molecule has 0 radical (unpaired) electrons. The Kier molecular flexibility index (Phi) is 7.49. The van der Waals surface area contributed by atoms with Crippen molar-refractivity contribution < 1.29 is 19.5 Å². The molecule has 3 amide bonds. The second-order valence-electron chi connectivity index (χ2n) is 8.10. The van der Waals surface area contributed by atoms with E-state index in [9.17, 15) is 19.2 Å². The van der Waals surface area contributed by atoms with E-state index in [1.54, 1.807) is 11.6 Å². The first-order chi connectivity index (χ1) is 14.9. The summed E-state index contributed by atoms with van der Waals surface area (Å²) in [5.74, 6) is -0.720. The summed E-state index contributed by atoms with van der Waals surface area (Å²) < 4.78 is 3.06. The fraction of sp³-hybridized carbons (Fsp3) is 0.545. The molecule has 1 aromatic heterocycles. The van der Waals surface area contributed by atoms with Crippen molar-refractivity contribution in [1.29, 1.82) is 0 Å². The quantitative estimate of drug-likeness (QED) is 0.395. The molecule has 9 nitrogen and oxygen atoms in total. The molecule has 1 aliphatic heterocycles. The first-order valence-corrected chi connectivity index (χ1v) is 10.9. The summed E-state index contributed by atoms with van der Waals surface area (Å²) in [7, 11) is 1.70. The number of hydrogen-bond acceptors (Lipinski definition) is 4. The third-order valence-corrected chi connectivity index (χ3v) is 5.84. The third-order valence-electron chi connectivity index (χ3n) is 5.84. The summed E-state index contributed by atoms with van der Waals surface area (Å²) in [5, 5.41) is 13.2. The van der Waals surface area contributed by atoms with Crippen LogP contribution in [0.15, 0.2) is 23.0 Å². The van der Waals surface area contributed by atoms with Gasteiger partial charge in [0.1, 0.15) is 6.04 Å². The Hall–Kier alpha value is -3.10. The highest BCUT2D eigenvalue weighted by Crippen LogP contribution is 2.24. The number of aryl methyl sites for hydroxylation is 2. The van der Waals surface area contributed by atoms with E-state index in [2.05, 4.69) is 10.6 Å². The first kappa shape index (κ1) is 22.6. The second-order valence-corrected chi connectivity index (χ2v) is 8.10. The van der Waals surface area contributed by atoms with E-state index in [1.807, 2.05) is 18.2 Å². The van der Waals surface area contributed by atoms with E-state index in [1.165, 1.54) is 4.57 Å². The summed E-state index contributed by atoms with van der Waals surface area (Å²) in [5.41, 5.74) is 2.40. The minimum atomic E-state index is -0.970. The van der Waals surface area contributed by atoms with Crippen LogP contribution in [-0.4, -0.2) is 38.7 Å². The molecule has 3 N–H and O–H groups in total. The van der Waals surface area contributed by atoms with Crippen LogP contribution in [0.2, 0.25) is 0 Å². The van der Waals surface area contributed by atoms with Crippen molar-refractivity contribution >= 4 is 28.9 Å². The molecule has 0 aliphatic carbocycles. The van der Waals surface area contributed by atoms with Gasteiger partial charge in [-0.25, -0.2) is 9.59 Å². The Bertz CT molecular complexity index is 1020. The van der Waals surface area contributed by atoms with Crippen molar-refractivity contribution in [3.05, 3.63) is 34.2 Å². The number of amides is 3. The van der Waals surface area contributed by atoms with Crippen LogP contribution in [0.1, 0.15) is 63.0 Å². The Morgan fingerprint density at radius 1 is 1.10 bits per heavy atom. The molecule has 1 atom stereocenters. The molecule has 1 unspecified atom stereocenters. The lowest BCUT2D eigenvalue weighted by atomic mass is 10.0. The average Bonchev–Trinajstić information content (AvgIpc) is 2.97. The molecule has 2 heterocycles. The molecule has 3 rings (SSSR count). The van der Waals surface area contributed by atoms with Crippen molar-refractivity contribution in [2.24, 2.45) is 7.05 Å². The minimum absolute atomic E-state index is 0.230. The van der Waals surface area contributed by atoms with Crippen molar-refractivity contribution in [3.63, 3.8) is 0 Å². The van der Waals surface area contributed by atoms with Gasteiger partial charge in [0.25, 0.3) is 0 Å². The van der Waals surface area contributed by atoms with Crippen molar-refractivity contribution in [2.45, 2.75) is 63.8 Å². The van der Waals surface area contributed by atoms with Gasteiger partial charge in [-0.2, -0.15) is 0 Å². The Morgan fingerprint density at radius 3 is 2.52 bits per heavy atom. The van der Waals surface area contributed by atoms with Gasteiger partial charge in [0, 0.05) is 20.0 Å². The number of nitrogens with zero attached hydrogens (tertiary/aromatic N) is 2. The van der Waals surface area contributed by atoms with Crippen LogP contribution in [0, 0.1) is 0 Å². The number of rotatable bonds is 10. The van der Waals surface area contributed by atoms with E-state index < -0.39 is 18.0 Å². The highest BCUT2D eigenvalue weighted by atomic mass is 16.4. The number of nitrogens with one attached hydrogen (secondary N) is 2. The van der Waals surface area contributed by atoms with Gasteiger partial charge < -0.3 is 10.4 Å². The third kappa shape index (κ3) is 5.53. The Morgan fingerprint density at radius 2 is 1.81 bits per heavy atom. The monoisotopic (exact) mass is 430 g/mol. The zero-order valence-corrected chi connectivity index (χ0v) is 17.9. The number of benzene rings is 1. The molecule has 1 fully saturated rings. The summed E-state index contributed by atoms with van der Waals surface area (Å²) in [6.07, 6.45) is 6.72. The molecule has 9 heteroatoms. The standard InChI is InChI=1S/C22H30N4O5/c1-25-18-14-15(8-6-4-2-3-5-7-13-23-21(29)30)9-10-16(18)26(22(25)31)17-11-12-19(27)24-20(17)28/h9-10,14,17,23H,2-8,11-13H2,1H3,(H,29,30)(H,24,27,28). The summed E-state index contributed by atoms with van der Waals surface area (Å²) >= 11 is 0. The van der Waals surface area contributed by atoms with Crippen LogP contribution < -0.4 is 16.3 Å². The number of fused-ring (bicyclic) bond motifs is 1. The number of hydrogen-bond donors (Lipinski definition) is 3. The molecule has 2 aromatic rings. The summed E-state index contributed by atoms with van der Waals surface area (Å²) in [4.78, 5) is 46.9. The number of carbonyl (C=O) groups excluding carboxylic acids is 2.